The molecule has 1 aliphatic rings. The number of anilines is 1. The number of nitrogens with zero attached hydrogens (tertiary/aromatic N) is 3. The van der Waals surface area contributed by atoms with Gasteiger partial charge in [0.25, 0.3) is 0 Å². The predicted octanol–water partition coefficient (Wildman–Crippen LogP) is 2.82. The van der Waals surface area contributed by atoms with E-state index in [-0.39, 0.29) is 0 Å². The van der Waals surface area contributed by atoms with Gasteiger partial charge in [-0.05, 0) is 47.0 Å². The zero-order valence-corrected chi connectivity index (χ0v) is 13.2. The van der Waals surface area contributed by atoms with Gasteiger partial charge in [0, 0.05) is 29.2 Å². The number of piperidine rings is 1. The quantitative estimate of drug-likeness (QED) is 0.868. The third kappa shape index (κ3) is 2.82. The summed E-state index contributed by atoms with van der Waals surface area (Å²) in [4.78, 5) is 6.72. The molecule has 5 nitrogen and oxygen atoms in total. The van der Waals surface area contributed by atoms with Crippen molar-refractivity contribution in [3.05, 3.63) is 27.7 Å². The number of benzene rings is 1. The molecule has 3 rings (SSSR count). The smallest absolute Gasteiger partial charge is 0.245 e. The summed E-state index contributed by atoms with van der Waals surface area (Å²) in [7, 11) is 0. The maximum Gasteiger partial charge on any atom is 0.245 e. The van der Waals surface area contributed by atoms with Crippen molar-refractivity contribution in [1.82, 2.24) is 15.2 Å². The van der Waals surface area contributed by atoms with Crippen LogP contribution in [0.4, 0.5) is 5.95 Å². The second kappa shape index (κ2) is 5.71. The molecule has 0 spiro atoms. The van der Waals surface area contributed by atoms with Crippen LogP contribution in [0.5, 0.6) is 0 Å². The van der Waals surface area contributed by atoms with Gasteiger partial charge in [-0.25, -0.2) is 0 Å². The fourth-order valence-electron chi connectivity index (χ4n) is 2.27. The molecule has 1 saturated heterocycles. The lowest BCUT2D eigenvalue weighted by molar-refractivity contribution is 0.496. The van der Waals surface area contributed by atoms with E-state index in [0.717, 1.165) is 47.7 Å². The molecule has 0 bridgehead atoms. The van der Waals surface area contributed by atoms with E-state index in [1.54, 1.807) is 0 Å². The normalized spacial score (nSPS) is 16.6. The van der Waals surface area contributed by atoms with Crippen LogP contribution in [-0.2, 0) is 0 Å². The first-order valence-corrected chi connectivity index (χ1v) is 7.69. The summed E-state index contributed by atoms with van der Waals surface area (Å²) < 4.78 is 0.846. The predicted molar refractivity (Wildman–Crippen MR) is 84.0 cm³/mol. The molecule has 0 unspecified atom stereocenters. The Morgan fingerprint density at radius 3 is 2.80 bits per heavy atom. The number of rotatable bonds is 2. The van der Waals surface area contributed by atoms with Gasteiger partial charge < -0.3 is 10.6 Å². The second-order valence-corrected chi connectivity index (χ2v) is 6.20. The number of nitrogens with one attached hydrogen (secondary N) is 1. The number of halogens is 2. The number of hydrogen-bond donors (Lipinski definition) is 2. The van der Waals surface area contributed by atoms with Gasteiger partial charge in [-0.2, -0.15) is 4.98 Å². The summed E-state index contributed by atoms with van der Waals surface area (Å²) in [5.74, 6) is 1.48. The number of H-pyrrole nitrogens is 1. The van der Waals surface area contributed by atoms with E-state index in [4.69, 9.17) is 17.3 Å². The maximum atomic E-state index is 6.00. The molecule has 1 aromatic carbocycles. The molecule has 0 radical (unpaired) electrons. The van der Waals surface area contributed by atoms with Crippen LogP contribution in [0.3, 0.4) is 0 Å². The molecule has 2 heterocycles. The van der Waals surface area contributed by atoms with E-state index in [1.807, 2.05) is 18.2 Å². The lowest BCUT2D eigenvalue weighted by atomic mass is 10.1. The van der Waals surface area contributed by atoms with Crippen LogP contribution in [0.2, 0.25) is 5.02 Å². The molecule has 0 atom stereocenters. The first-order valence-electron chi connectivity index (χ1n) is 6.52. The van der Waals surface area contributed by atoms with Crippen molar-refractivity contribution >= 4 is 33.5 Å². The highest BCUT2D eigenvalue weighted by molar-refractivity contribution is 9.10. The van der Waals surface area contributed by atoms with Crippen LogP contribution >= 0.6 is 27.5 Å². The summed E-state index contributed by atoms with van der Waals surface area (Å²) in [6.07, 6.45) is 1.97. The van der Waals surface area contributed by atoms with Gasteiger partial charge in [-0.3, -0.25) is 5.10 Å². The van der Waals surface area contributed by atoms with Crippen molar-refractivity contribution in [3.8, 4) is 11.4 Å². The highest BCUT2D eigenvalue weighted by Crippen LogP contribution is 2.28. The molecule has 0 aliphatic carbocycles. The summed E-state index contributed by atoms with van der Waals surface area (Å²) in [6.45, 7) is 1.81. The lowest BCUT2D eigenvalue weighted by Gasteiger charge is -2.28. The van der Waals surface area contributed by atoms with Gasteiger partial charge in [-0.15, -0.1) is 5.10 Å². The Balaban J connectivity index is 1.81. The average molecular weight is 357 g/mol. The summed E-state index contributed by atoms with van der Waals surface area (Å²) in [5, 5.41) is 7.95. The lowest BCUT2D eigenvalue weighted by Crippen LogP contribution is -2.40. The van der Waals surface area contributed by atoms with E-state index in [2.05, 4.69) is 36.0 Å². The van der Waals surface area contributed by atoms with Crippen molar-refractivity contribution in [2.75, 3.05) is 18.0 Å². The Kier molecular flexibility index (Phi) is 3.96. The van der Waals surface area contributed by atoms with E-state index < -0.39 is 0 Å². The van der Waals surface area contributed by atoms with Crippen LogP contribution in [0.25, 0.3) is 11.4 Å². The van der Waals surface area contributed by atoms with Crippen molar-refractivity contribution in [3.63, 3.8) is 0 Å². The van der Waals surface area contributed by atoms with Crippen molar-refractivity contribution < 1.29 is 0 Å². The van der Waals surface area contributed by atoms with Gasteiger partial charge in [0.05, 0.1) is 5.02 Å². The van der Waals surface area contributed by atoms with Gasteiger partial charge in [0.15, 0.2) is 5.82 Å². The molecule has 20 heavy (non-hydrogen) atoms. The highest BCUT2D eigenvalue weighted by Gasteiger charge is 2.19. The minimum absolute atomic E-state index is 0.303. The van der Waals surface area contributed by atoms with Crippen molar-refractivity contribution in [1.29, 1.82) is 0 Å². The third-order valence-corrected chi connectivity index (χ3v) is 4.70. The summed E-state index contributed by atoms with van der Waals surface area (Å²) in [5.41, 5.74) is 6.86. The molecular weight excluding hydrogens is 342 g/mol. The van der Waals surface area contributed by atoms with Crippen LogP contribution in [-0.4, -0.2) is 34.3 Å². The molecule has 1 aromatic heterocycles. The fourth-order valence-corrected chi connectivity index (χ4v) is 2.76. The monoisotopic (exact) mass is 355 g/mol. The van der Waals surface area contributed by atoms with Crippen LogP contribution < -0.4 is 10.6 Å². The molecule has 1 fully saturated rings. The third-order valence-electron chi connectivity index (χ3n) is 3.49. The zero-order valence-electron chi connectivity index (χ0n) is 10.8. The van der Waals surface area contributed by atoms with E-state index in [1.165, 1.54) is 0 Å². The first kappa shape index (κ1) is 13.9. The maximum absolute atomic E-state index is 6.00. The van der Waals surface area contributed by atoms with Gasteiger partial charge in [0.1, 0.15) is 0 Å². The van der Waals surface area contributed by atoms with Crippen LogP contribution in [0.15, 0.2) is 22.7 Å². The Morgan fingerprint density at radius 2 is 2.10 bits per heavy atom. The van der Waals surface area contributed by atoms with Crippen LogP contribution in [0, 0.1) is 0 Å². The van der Waals surface area contributed by atoms with Crippen molar-refractivity contribution in [2.24, 2.45) is 5.73 Å². The molecule has 7 heteroatoms. The first-order chi connectivity index (χ1) is 9.63. The number of nitrogens with two attached hydrogens (primary N) is 1. The molecule has 0 saturated carbocycles. The molecule has 106 valence electrons. The van der Waals surface area contributed by atoms with Crippen LogP contribution in [0.1, 0.15) is 12.8 Å². The molecule has 2 aromatic rings. The molecule has 0 amide bonds. The zero-order chi connectivity index (χ0) is 14.1. The molecule has 3 N–H and O–H groups in total. The van der Waals surface area contributed by atoms with Gasteiger partial charge >= 0.3 is 0 Å². The van der Waals surface area contributed by atoms with E-state index >= 15 is 0 Å². The summed E-state index contributed by atoms with van der Waals surface area (Å²) >= 11 is 9.41. The fraction of sp³-hybridized carbons (Fsp3) is 0.385. The number of aromatic amines is 1. The largest absolute Gasteiger partial charge is 0.339 e. The average Bonchev–Trinajstić information content (AvgIpc) is 2.92. The second-order valence-electron chi connectivity index (χ2n) is 4.94. The molecular formula is C13H15BrClN5. The Morgan fingerprint density at radius 1 is 1.35 bits per heavy atom. The molecule has 1 aliphatic heterocycles. The van der Waals surface area contributed by atoms with Crippen molar-refractivity contribution in [2.45, 2.75) is 18.9 Å². The van der Waals surface area contributed by atoms with E-state index in [9.17, 15) is 0 Å². The SMILES string of the molecule is NC1CCN(c2n[nH]c(-c3ccc(Cl)c(Br)c3)n2)CC1. The summed E-state index contributed by atoms with van der Waals surface area (Å²) in [6, 6.07) is 5.99. The highest BCUT2D eigenvalue weighted by atomic mass is 79.9. The van der Waals surface area contributed by atoms with Gasteiger partial charge in [-0.1, -0.05) is 11.6 Å². The van der Waals surface area contributed by atoms with E-state index in [0.29, 0.717) is 11.1 Å². The number of hydrogen-bond acceptors (Lipinski definition) is 4. The Labute approximate surface area is 130 Å². The van der Waals surface area contributed by atoms with Gasteiger partial charge in [0.2, 0.25) is 5.95 Å². The standard InChI is InChI=1S/C13H15BrClN5/c14-10-7-8(1-2-11(10)15)12-17-13(19-18-12)20-5-3-9(16)4-6-20/h1-2,7,9H,3-6,16H2,(H,17,18,19). The topological polar surface area (TPSA) is 70.8 Å². The minimum Gasteiger partial charge on any atom is -0.339 e. The number of aromatic nitrogens is 3. The Hall–Kier alpha value is -1.11. The minimum atomic E-state index is 0.303. The Bertz CT molecular complexity index is 607.